The summed E-state index contributed by atoms with van der Waals surface area (Å²) in [6.07, 6.45) is 1.49. The Morgan fingerprint density at radius 1 is 1.10 bits per heavy atom. The summed E-state index contributed by atoms with van der Waals surface area (Å²) in [5.74, 6) is -0.234. The fourth-order valence-corrected chi connectivity index (χ4v) is 2.72. The van der Waals surface area contributed by atoms with Crippen molar-refractivity contribution in [1.29, 1.82) is 0 Å². The Morgan fingerprint density at radius 3 is 2.42 bits per heavy atom. The number of non-ortho nitro benzene ring substituents is 2. The molecule has 0 aliphatic heterocycles. The highest BCUT2D eigenvalue weighted by Crippen LogP contribution is 2.30. The van der Waals surface area contributed by atoms with E-state index in [1.165, 1.54) is 54.4 Å². The van der Waals surface area contributed by atoms with Crippen molar-refractivity contribution in [3.05, 3.63) is 79.6 Å². The topological polar surface area (TPSA) is 152 Å². The number of methoxy groups -OCH3 is 1. The summed E-state index contributed by atoms with van der Waals surface area (Å²) >= 11 is 5.97. The van der Waals surface area contributed by atoms with Gasteiger partial charge in [0.1, 0.15) is 11.5 Å². The van der Waals surface area contributed by atoms with E-state index in [0.717, 1.165) is 6.07 Å². The van der Waals surface area contributed by atoms with Crippen molar-refractivity contribution in [3.63, 3.8) is 0 Å². The normalized spacial score (nSPS) is 10.4. The minimum atomic E-state index is -0.576. The summed E-state index contributed by atoms with van der Waals surface area (Å²) in [7, 11) is 1.32. The van der Waals surface area contributed by atoms with E-state index in [-0.39, 0.29) is 46.0 Å². The molecule has 0 unspecified atom stereocenters. The Labute approximate surface area is 179 Å². The fourth-order valence-electron chi connectivity index (χ4n) is 2.49. The number of halogens is 1. The summed E-state index contributed by atoms with van der Waals surface area (Å²) in [6.45, 7) is -0.105. The molecule has 13 heteroatoms. The molecule has 0 saturated heterocycles. The Bertz CT molecular complexity index is 1160. The third kappa shape index (κ3) is 5.05. The van der Waals surface area contributed by atoms with Crippen molar-refractivity contribution >= 4 is 34.6 Å². The first-order valence-electron chi connectivity index (χ1n) is 8.52. The van der Waals surface area contributed by atoms with Gasteiger partial charge in [-0.2, -0.15) is 5.10 Å². The second kappa shape index (κ2) is 9.09. The van der Waals surface area contributed by atoms with Crippen LogP contribution >= 0.6 is 11.6 Å². The lowest BCUT2D eigenvalue weighted by atomic mass is 10.2. The van der Waals surface area contributed by atoms with Crippen molar-refractivity contribution in [2.24, 2.45) is 0 Å². The van der Waals surface area contributed by atoms with Gasteiger partial charge in [-0.1, -0.05) is 11.6 Å². The van der Waals surface area contributed by atoms with Crippen molar-refractivity contribution in [2.75, 3.05) is 12.4 Å². The molecule has 3 rings (SSSR count). The van der Waals surface area contributed by atoms with E-state index in [1.54, 1.807) is 0 Å². The lowest BCUT2D eigenvalue weighted by Crippen LogP contribution is -2.15. The molecule has 0 fully saturated rings. The molecular formula is C18H14ClN5O7. The number of nitrogens with one attached hydrogen (secondary N) is 1. The van der Waals surface area contributed by atoms with Crippen LogP contribution in [-0.4, -0.2) is 32.6 Å². The fraction of sp³-hybridized carbons (Fsp3) is 0.111. The van der Waals surface area contributed by atoms with E-state index in [9.17, 15) is 25.0 Å². The van der Waals surface area contributed by atoms with Gasteiger partial charge in [-0.05, 0) is 18.2 Å². The maximum atomic E-state index is 12.4. The molecule has 1 heterocycles. The Hall–Kier alpha value is -4.19. The predicted molar refractivity (Wildman–Crippen MR) is 109 cm³/mol. The lowest BCUT2D eigenvalue weighted by molar-refractivity contribution is -0.385. The van der Waals surface area contributed by atoms with E-state index in [2.05, 4.69) is 10.4 Å². The first kappa shape index (κ1) is 21.5. The molecule has 0 saturated carbocycles. The number of benzene rings is 2. The number of hydrogen-bond acceptors (Lipinski definition) is 8. The van der Waals surface area contributed by atoms with E-state index in [1.807, 2.05) is 0 Å². The minimum absolute atomic E-state index is 0.0544. The molecule has 0 bridgehead atoms. The van der Waals surface area contributed by atoms with Crippen LogP contribution in [0, 0.1) is 20.2 Å². The first-order chi connectivity index (χ1) is 14.8. The molecule has 0 radical (unpaired) electrons. The van der Waals surface area contributed by atoms with Crippen LogP contribution in [0.25, 0.3) is 0 Å². The first-order valence-corrected chi connectivity index (χ1v) is 8.90. The lowest BCUT2D eigenvalue weighted by Gasteiger charge is -2.09. The number of hydrogen-bond donors (Lipinski definition) is 1. The molecule has 2 aromatic carbocycles. The molecule has 1 aromatic heterocycles. The molecule has 0 aliphatic carbocycles. The van der Waals surface area contributed by atoms with Gasteiger partial charge in [0.25, 0.3) is 17.3 Å². The molecule has 1 N–H and O–H groups in total. The van der Waals surface area contributed by atoms with Gasteiger partial charge in [-0.25, -0.2) is 4.68 Å². The average Bonchev–Trinajstić information content (AvgIpc) is 3.22. The van der Waals surface area contributed by atoms with Crippen LogP contribution in [0.15, 0.2) is 48.7 Å². The Morgan fingerprint density at radius 2 is 1.77 bits per heavy atom. The van der Waals surface area contributed by atoms with Crippen molar-refractivity contribution in [2.45, 2.75) is 6.73 Å². The zero-order chi connectivity index (χ0) is 22.5. The second-order valence-electron chi connectivity index (χ2n) is 5.98. The summed E-state index contributed by atoms with van der Waals surface area (Å²) in [5.41, 5.74) is -0.0568. The molecule has 1 amide bonds. The molecule has 12 nitrogen and oxygen atoms in total. The number of nitro benzene ring substituents is 2. The van der Waals surface area contributed by atoms with Gasteiger partial charge in [0, 0.05) is 24.4 Å². The number of anilines is 1. The van der Waals surface area contributed by atoms with Crippen LogP contribution < -0.4 is 14.8 Å². The zero-order valence-corrected chi connectivity index (χ0v) is 16.6. The highest BCUT2D eigenvalue weighted by molar-refractivity contribution is 6.32. The summed E-state index contributed by atoms with van der Waals surface area (Å²) in [6, 6.07) is 8.99. The summed E-state index contributed by atoms with van der Waals surface area (Å²) < 4.78 is 11.9. The Balaban J connectivity index is 1.66. The van der Waals surface area contributed by atoms with Gasteiger partial charge < -0.3 is 14.8 Å². The number of carbonyl (C=O) groups excluding carboxylic acids is 1. The molecule has 3 aromatic rings. The SMILES string of the molecule is COc1cc([N+](=O)[O-])ccc1NC(=O)c1ccn(COc2ccc([N+](=O)[O-])cc2Cl)n1. The van der Waals surface area contributed by atoms with Gasteiger partial charge in [-0.3, -0.25) is 25.0 Å². The monoisotopic (exact) mass is 447 g/mol. The van der Waals surface area contributed by atoms with E-state index in [4.69, 9.17) is 21.1 Å². The zero-order valence-electron chi connectivity index (χ0n) is 15.9. The standard InChI is InChI=1S/C18H14ClN5O7/c1-30-17-9-12(24(28)29)2-4-14(17)20-18(25)15-6-7-22(21-15)10-31-16-5-3-11(23(26)27)8-13(16)19/h2-9H,10H2,1H3,(H,20,25). The van der Waals surface area contributed by atoms with Crippen LogP contribution in [0.4, 0.5) is 17.1 Å². The van der Waals surface area contributed by atoms with E-state index in [0.29, 0.717) is 0 Å². The van der Waals surface area contributed by atoms with Crippen LogP contribution in [0.1, 0.15) is 10.5 Å². The van der Waals surface area contributed by atoms with Crippen LogP contribution in [0.5, 0.6) is 11.5 Å². The number of nitro groups is 2. The van der Waals surface area contributed by atoms with Gasteiger partial charge in [-0.15, -0.1) is 0 Å². The van der Waals surface area contributed by atoms with Crippen LogP contribution in [0.2, 0.25) is 5.02 Å². The van der Waals surface area contributed by atoms with E-state index >= 15 is 0 Å². The number of nitrogens with zero attached hydrogens (tertiary/aromatic N) is 4. The minimum Gasteiger partial charge on any atom is -0.494 e. The molecule has 0 aliphatic rings. The van der Waals surface area contributed by atoms with Gasteiger partial charge in [0.15, 0.2) is 12.4 Å². The average molecular weight is 448 g/mol. The maximum absolute atomic E-state index is 12.4. The molecular weight excluding hydrogens is 434 g/mol. The number of amides is 1. The predicted octanol–water partition coefficient (Wildman–Crippen LogP) is 3.65. The van der Waals surface area contributed by atoms with Crippen molar-refractivity contribution < 1.29 is 24.1 Å². The number of aromatic nitrogens is 2. The Kier molecular flexibility index (Phi) is 6.31. The number of carbonyl (C=O) groups is 1. The van der Waals surface area contributed by atoms with Crippen molar-refractivity contribution in [3.8, 4) is 11.5 Å². The highest BCUT2D eigenvalue weighted by Gasteiger charge is 2.16. The highest BCUT2D eigenvalue weighted by atomic mass is 35.5. The molecule has 0 atom stereocenters. The third-order valence-corrected chi connectivity index (χ3v) is 4.29. The van der Waals surface area contributed by atoms with Crippen LogP contribution in [-0.2, 0) is 6.73 Å². The smallest absolute Gasteiger partial charge is 0.276 e. The molecule has 0 spiro atoms. The van der Waals surface area contributed by atoms with Crippen molar-refractivity contribution in [1.82, 2.24) is 9.78 Å². The van der Waals surface area contributed by atoms with Gasteiger partial charge in [0.05, 0.1) is 33.7 Å². The largest absolute Gasteiger partial charge is 0.494 e. The van der Waals surface area contributed by atoms with Gasteiger partial charge >= 0.3 is 0 Å². The summed E-state index contributed by atoms with van der Waals surface area (Å²) in [4.78, 5) is 32.9. The number of rotatable bonds is 8. The van der Waals surface area contributed by atoms with E-state index < -0.39 is 15.8 Å². The maximum Gasteiger partial charge on any atom is 0.276 e. The molecule has 31 heavy (non-hydrogen) atoms. The quantitative estimate of drug-likeness (QED) is 0.405. The molecule has 160 valence electrons. The van der Waals surface area contributed by atoms with Gasteiger partial charge in [0.2, 0.25) is 0 Å². The van der Waals surface area contributed by atoms with Crippen LogP contribution in [0.3, 0.4) is 0 Å². The number of ether oxygens (including phenoxy) is 2. The summed E-state index contributed by atoms with van der Waals surface area (Å²) in [5, 5.41) is 28.3. The third-order valence-electron chi connectivity index (χ3n) is 4.00. The second-order valence-corrected chi connectivity index (χ2v) is 6.39.